The van der Waals surface area contributed by atoms with Crippen molar-refractivity contribution in [1.82, 2.24) is 0 Å². The molecule has 0 heterocycles. The van der Waals surface area contributed by atoms with Crippen molar-refractivity contribution in [1.29, 1.82) is 0 Å². The Morgan fingerprint density at radius 2 is 0.581 bits per heavy atom. The largest absolute Gasteiger partial charge is 0.477 e. The SMILES string of the molecule is CC/C=C\C/C=C\C/C=C\C/C=C\C/C=C\C/C=C\C/C=C\CCCCCCCCCCCCCCCCCCCC(=O)OC(COC(=O)CCCCCCCCCCCC/C=C\C/C=C\C/C=C\C/C=C\C/C=C\C/C=C\CC)COC(OCC[N+](C)(C)C)C(=O)O. The fraction of sp³-hybridized carbons (Fsp3) is 0.655. The fourth-order valence-corrected chi connectivity index (χ4v) is 10.1. The van der Waals surface area contributed by atoms with Crippen molar-refractivity contribution < 1.29 is 42.9 Å². The molecule has 93 heavy (non-hydrogen) atoms. The molecule has 0 aliphatic rings. The van der Waals surface area contributed by atoms with Crippen molar-refractivity contribution in [3.63, 3.8) is 0 Å². The van der Waals surface area contributed by atoms with Gasteiger partial charge in [-0.15, -0.1) is 0 Å². The number of aliphatic carboxylic acids is 1. The van der Waals surface area contributed by atoms with Gasteiger partial charge in [0, 0.05) is 12.8 Å². The number of quaternary nitrogens is 1. The predicted molar refractivity (Wildman–Crippen MR) is 400 cm³/mol. The lowest BCUT2D eigenvalue weighted by Gasteiger charge is -2.25. The van der Waals surface area contributed by atoms with Crippen LogP contribution in [0, 0.1) is 0 Å². The number of ether oxygens (including phenoxy) is 4. The maximum Gasteiger partial charge on any atom is 0.361 e. The molecule has 0 spiro atoms. The Morgan fingerprint density at radius 1 is 0.323 bits per heavy atom. The zero-order valence-electron chi connectivity index (χ0n) is 60.4. The molecule has 9 heteroatoms. The first-order chi connectivity index (χ1) is 45.6. The molecule has 0 aromatic carbocycles. The van der Waals surface area contributed by atoms with E-state index in [-0.39, 0.29) is 38.6 Å². The Labute approximate surface area is 572 Å². The van der Waals surface area contributed by atoms with Crippen LogP contribution in [0.5, 0.6) is 0 Å². The number of hydrogen-bond donors (Lipinski definition) is 1. The van der Waals surface area contributed by atoms with Crippen LogP contribution in [0.3, 0.4) is 0 Å². The van der Waals surface area contributed by atoms with Gasteiger partial charge in [0.25, 0.3) is 6.29 Å². The number of carboxylic acid groups (broad SMARTS) is 1. The average Bonchev–Trinajstić information content (AvgIpc) is 3.38. The molecule has 0 aliphatic carbocycles. The van der Waals surface area contributed by atoms with Crippen LogP contribution in [-0.2, 0) is 33.3 Å². The van der Waals surface area contributed by atoms with Crippen molar-refractivity contribution in [3.05, 3.63) is 158 Å². The van der Waals surface area contributed by atoms with Crippen LogP contribution in [-0.4, -0.2) is 87.4 Å². The van der Waals surface area contributed by atoms with Crippen LogP contribution in [0.2, 0.25) is 0 Å². The monoisotopic (exact) mass is 1290 g/mol. The van der Waals surface area contributed by atoms with Gasteiger partial charge in [0.1, 0.15) is 13.2 Å². The molecule has 0 fully saturated rings. The van der Waals surface area contributed by atoms with Crippen molar-refractivity contribution in [2.24, 2.45) is 0 Å². The molecule has 0 aliphatic heterocycles. The molecule has 0 saturated carbocycles. The molecular formula is C84H140NO8+. The van der Waals surface area contributed by atoms with Crippen LogP contribution in [0.25, 0.3) is 0 Å². The number of likely N-dealkylation sites (N-methyl/N-ethyl adjacent to an activating group) is 1. The number of nitrogens with zero attached hydrogens (tertiary/aromatic N) is 1. The number of unbranched alkanes of at least 4 members (excludes halogenated alkanes) is 27. The summed E-state index contributed by atoms with van der Waals surface area (Å²) < 4.78 is 23.0. The van der Waals surface area contributed by atoms with Gasteiger partial charge in [0.05, 0.1) is 34.4 Å². The lowest BCUT2D eigenvalue weighted by Crippen LogP contribution is -2.40. The molecule has 2 atom stereocenters. The maximum absolute atomic E-state index is 13.0. The summed E-state index contributed by atoms with van der Waals surface area (Å²) in [4.78, 5) is 37.7. The summed E-state index contributed by atoms with van der Waals surface area (Å²) in [6.07, 6.45) is 105. The van der Waals surface area contributed by atoms with Gasteiger partial charge in [0.2, 0.25) is 0 Å². The molecule has 528 valence electrons. The molecule has 0 aromatic heterocycles. The molecule has 2 unspecified atom stereocenters. The van der Waals surface area contributed by atoms with Gasteiger partial charge in [-0.25, -0.2) is 4.79 Å². The Hall–Kier alpha value is -5.09. The van der Waals surface area contributed by atoms with Crippen molar-refractivity contribution in [2.45, 2.75) is 309 Å². The van der Waals surface area contributed by atoms with E-state index in [0.717, 1.165) is 122 Å². The van der Waals surface area contributed by atoms with Gasteiger partial charge in [0.15, 0.2) is 6.10 Å². The summed E-state index contributed by atoms with van der Waals surface area (Å²) in [7, 11) is 5.98. The molecule has 0 bridgehead atoms. The highest BCUT2D eigenvalue weighted by Crippen LogP contribution is 2.17. The average molecular weight is 1290 g/mol. The van der Waals surface area contributed by atoms with E-state index in [1.165, 1.54) is 141 Å². The number of carboxylic acids is 1. The summed E-state index contributed by atoms with van der Waals surface area (Å²) in [5.41, 5.74) is 0. The molecule has 0 saturated heterocycles. The Balaban J connectivity index is 4.09. The number of hydrogen-bond acceptors (Lipinski definition) is 7. The van der Waals surface area contributed by atoms with Crippen molar-refractivity contribution in [2.75, 3.05) is 47.5 Å². The fourth-order valence-electron chi connectivity index (χ4n) is 10.1. The van der Waals surface area contributed by atoms with Crippen LogP contribution >= 0.6 is 0 Å². The zero-order valence-corrected chi connectivity index (χ0v) is 60.4. The van der Waals surface area contributed by atoms with E-state index in [0.29, 0.717) is 17.4 Å². The summed E-state index contributed by atoms with van der Waals surface area (Å²) in [5, 5.41) is 9.76. The number of esters is 2. The second-order valence-electron chi connectivity index (χ2n) is 25.8. The lowest BCUT2D eigenvalue weighted by molar-refractivity contribution is -0.870. The second kappa shape index (κ2) is 72.7. The smallest absolute Gasteiger partial charge is 0.361 e. The minimum Gasteiger partial charge on any atom is -0.477 e. The molecule has 0 radical (unpaired) electrons. The normalized spacial score (nSPS) is 13.6. The third kappa shape index (κ3) is 74.2. The highest BCUT2D eigenvalue weighted by molar-refractivity contribution is 5.71. The first-order valence-corrected chi connectivity index (χ1v) is 37.6. The highest BCUT2D eigenvalue weighted by atomic mass is 16.7. The third-order valence-electron chi connectivity index (χ3n) is 15.8. The minimum absolute atomic E-state index is 0.181. The van der Waals surface area contributed by atoms with Crippen LogP contribution in [0.4, 0.5) is 0 Å². The summed E-state index contributed by atoms with van der Waals surface area (Å²) in [6.45, 7) is 4.65. The molecule has 0 aromatic rings. The van der Waals surface area contributed by atoms with Gasteiger partial charge < -0.3 is 28.5 Å². The summed E-state index contributed by atoms with van der Waals surface area (Å²) in [6, 6.07) is 0. The Kier molecular flexibility index (Phi) is 68.8. The number of carbonyl (C=O) groups excluding carboxylic acids is 2. The highest BCUT2D eigenvalue weighted by Gasteiger charge is 2.25. The van der Waals surface area contributed by atoms with E-state index in [2.05, 4.69) is 172 Å². The van der Waals surface area contributed by atoms with Gasteiger partial charge in [-0.05, 0) is 122 Å². The van der Waals surface area contributed by atoms with Crippen molar-refractivity contribution >= 4 is 17.9 Å². The van der Waals surface area contributed by atoms with Crippen LogP contribution in [0.15, 0.2) is 158 Å². The van der Waals surface area contributed by atoms with E-state index in [1.54, 1.807) is 0 Å². The van der Waals surface area contributed by atoms with Gasteiger partial charge >= 0.3 is 17.9 Å². The van der Waals surface area contributed by atoms with Gasteiger partial charge in [-0.2, -0.15) is 0 Å². The number of carbonyl (C=O) groups is 3. The first-order valence-electron chi connectivity index (χ1n) is 37.6. The predicted octanol–water partition coefficient (Wildman–Crippen LogP) is 24.0. The lowest BCUT2D eigenvalue weighted by atomic mass is 10.0. The zero-order chi connectivity index (χ0) is 67.5. The molecule has 1 N–H and O–H groups in total. The third-order valence-corrected chi connectivity index (χ3v) is 15.8. The summed E-state index contributed by atoms with van der Waals surface area (Å²) in [5.74, 6) is -2.01. The van der Waals surface area contributed by atoms with Crippen LogP contribution in [0.1, 0.15) is 296 Å². The molecule has 0 rings (SSSR count). The number of allylic oxidation sites excluding steroid dienone is 26. The first kappa shape index (κ1) is 87.9. The van der Waals surface area contributed by atoms with E-state index in [9.17, 15) is 19.5 Å². The standard InChI is InChI=1S/C84H139NO8/c1-6-8-10-12-14-16-18-20-22-24-26-28-30-32-34-36-37-38-39-40-41-42-43-44-45-47-49-51-53-55-57-59-61-63-65-67-69-71-73-75-82(87)93-80(79-92-84(83(88)89)90-77-76-85(3,4)5)78-91-81(86)74-72-70-68-66-64-62-60-58-56-54-52-50-48-46-35-33-31-29-27-25-23-21-19-17-15-13-11-9-7-2/h8-11,14-17,20-23,26-29,32-35,37-38,40-41,48,50,80,84H,6-7,12-13,18-19,24-25,30-31,36,39,42-47,49,51-79H2,1-5H3/p+1/b10-8-,11-9-,16-14-,17-15-,22-20-,23-21-,28-26-,29-27-,34-32-,35-33-,38-37-,41-40-,50-48-. The molecule has 9 nitrogen and oxygen atoms in total. The molecule has 0 amide bonds. The van der Waals surface area contributed by atoms with E-state index in [1.807, 2.05) is 21.1 Å². The van der Waals surface area contributed by atoms with E-state index < -0.39 is 24.3 Å². The number of rotatable bonds is 68. The summed E-state index contributed by atoms with van der Waals surface area (Å²) >= 11 is 0. The Bertz CT molecular complexity index is 2090. The van der Waals surface area contributed by atoms with E-state index in [4.69, 9.17) is 18.9 Å². The van der Waals surface area contributed by atoms with Crippen LogP contribution < -0.4 is 0 Å². The Morgan fingerprint density at radius 3 is 0.860 bits per heavy atom. The minimum atomic E-state index is -1.52. The van der Waals surface area contributed by atoms with E-state index >= 15 is 0 Å². The molecular weight excluding hydrogens is 1150 g/mol. The topological polar surface area (TPSA) is 108 Å². The van der Waals surface area contributed by atoms with Gasteiger partial charge in [-0.1, -0.05) is 320 Å². The van der Waals surface area contributed by atoms with Crippen molar-refractivity contribution in [3.8, 4) is 0 Å². The van der Waals surface area contributed by atoms with Gasteiger partial charge in [-0.3, -0.25) is 9.59 Å². The quantitative estimate of drug-likeness (QED) is 0.0211. The second-order valence-corrected chi connectivity index (χ2v) is 25.8. The maximum atomic E-state index is 13.0.